The first kappa shape index (κ1) is 23.7. The number of rotatable bonds is 13. The normalized spacial score (nSPS) is 12.2. The number of hydrogen-bond acceptors (Lipinski definition) is 3. The lowest BCUT2D eigenvalue weighted by atomic mass is 9.85. The molecule has 156 valence electrons. The van der Waals surface area contributed by atoms with Crippen LogP contribution in [0.3, 0.4) is 0 Å². The van der Waals surface area contributed by atoms with Crippen LogP contribution in [0, 0.1) is 5.41 Å². The first-order valence-electron chi connectivity index (χ1n) is 10.2. The molecule has 0 bridgehead atoms. The highest BCUT2D eigenvalue weighted by atomic mass is 16.2. The number of nitrogens with one attached hydrogen (secondary N) is 2. The lowest BCUT2D eigenvalue weighted by molar-refractivity contribution is -0.135. The fourth-order valence-electron chi connectivity index (χ4n) is 2.97. The Bertz CT molecular complexity index is 629. The van der Waals surface area contributed by atoms with Gasteiger partial charge in [0.05, 0.1) is 6.42 Å². The zero-order valence-electron chi connectivity index (χ0n) is 17.4. The Labute approximate surface area is 168 Å². The van der Waals surface area contributed by atoms with Gasteiger partial charge in [-0.15, -0.1) is 0 Å². The van der Waals surface area contributed by atoms with Gasteiger partial charge in [0.1, 0.15) is 6.04 Å². The van der Waals surface area contributed by atoms with Crippen LogP contribution < -0.4 is 16.4 Å². The van der Waals surface area contributed by atoms with Crippen molar-refractivity contribution in [3.8, 4) is 0 Å². The van der Waals surface area contributed by atoms with E-state index in [1.807, 2.05) is 44.2 Å². The molecule has 0 saturated heterocycles. The van der Waals surface area contributed by atoms with Gasteiger partial charge in [0.15, 0.2) is 0 Å². The van der Waals surface area contributed by atoms with E-state index in [-0.39, 0.29) is 18.2 Å². The molecule has 4 N–H and O–H groups in total. The second-order valence-electron chi connectivity index (χ2n) is 7.92. The molecule has 0 aliphatic carbocycles. The maximum absolute atomic E-state index is 12.7. The van der Waals surface area contributed by atoms with Crippen molar-refractivity contribution in [3.05, 3.63) is 35.9 Å². The first-order valence-corrected chi connectivity index (χ1v) is 10.2. The summed E-state index contributed by atoms with van der Waals surface area (Å²) in [7, 11) is 0. The third-order valence-corrected chi connectivity index (χ3v) is 4.85. The quantitative estimate of drug-likeness (QED) is 0.452. The summed E-state index contributed by atoms with van der Waals surface area (Å²) in [5, 5.41) is 5.52. The van der Waals surface area contributed by atoms with Crippen molar-refractivity contribution >= 4 is 17.7 Å². The minimum absolute atomic E-state index is 0.213. The van der Waals surface area contributed by atoms with Gasteiger partial charge in [-0.2, -0.15) is 0 Å². The van der Waals surface area contributed by atoms with Crippen molar-refractivity contribution in [3.63, 3.8) is 0 Å². The van der Waals surface area contributed by atoms with Gasteiger partial charge in [0, 0.05) is 12.0 Å². The average molecular weight is 390 g/mol. The van der Waals surface area contributed by atoms with Crippen molar-refractivity contribution in [1.29, 1.82) is 0 Å². The van der Waals surface area contributed by atoms with E-state index in [0.29, 0.717) is 13.0 Å². The molecule has 1 aromatic carbocycles. The molecule has 0 radical (unpaired) electrons. The number of carbonyl (C=O) groups excluding carboxylic acids is 3. The van der Waals surface area contributed by atoms with Gasteiger partial charge >= 0.3 is 0 Å². The molecule has 6 nitrogen and oxygen atoms in total. The summed E-state index contributed by atoms with van der Waals surface area (Å²) in [6.45, 7) is 6.29. The topological polar surface area (TPSA) is 101 Å². The Kier molecular flexibility index (Phi) is 10.3. The highest BCUT2D eigenvalue weighted by Crippen LogP contribution is 2.24. The van der Waals surface area contributed by atoms with Gasteiger partial charge in [0.2, 0.25) is 17.7 Å². The summed E-state index contributed by atoms with van der Waals surface area (Å²) in [6, 6.07) is 8.83. The summed E-state index contributed by atoms with van der Waals surface area (Å²) in [4.78, 5) is 36.5. The molecule has 1 atom stereocenters. The maximum atomic E-state index is 12.7. The monoisotopic (exact) mass is 389 g/mol. The molecule has 0 fully saturated rings. The Morgan fingerprint density at radius 1 is 1.07 bits per heavy atom. The van der Waals surface area contributed by atoms with Crippen molar-refractivity contribution in [2.75, 3.05) is 6.54 Å². The molecule has 0 spiro atoms. The van der Waals surface area contributed by atoms with E-state index in [0.717, 1.165) is 37.7 Å². The van der Waals surface area contributed by atoms with Crippen LogP contribution in [0.1, 0.15) is 64.9 Å². The molecule has 0 heterocycles. The summed E-state index contributed by atoms with van der Waals surface area (Å²) in [6.07, 6.45) is 5.51. The van der Waals surface area contributed by atoms with Crippen molar-refractivity contribution in [2.24, 2.45) is 11.1 Å². The molecular weight excluding hydrogens is 354 g/mol. The zero-order valence-corrected chi connectivity index (χ0v) is 17.4. The first-order chi connectivity index (χ1) is 13.3. The lowest BCUT2D eigenvalue weighted by Gasteiger charge is -2.26. The van der Waals surface area contributed by atoms with Crippen molar-refractivity contribution in [2.45, 2.75) is 71.8 Å². The van der Waals surface area contributed by atoms with Crippen LogP contribution in [0.15, 0.2) is 30.3 Å². The Morgan fingerprint density at radius 3 is 2.36 bits per heavy atom. The number of amides is 3. The van der Waals surface area contributed by atoms with Gasteiger partial charge in [0.25, 0.3) is 0 Å². The molecule has 1 rings (SSSR count). The standard InChI is InChI=1S/C22H35N3O3/c1-4-5-6-10-14-22(2,3)21(28)25-18(16-19(23)26)20(27)24-15-13-17-11-8-7-9-12-17/h7-9,11-12,18H,4-6,10,13-16H2,1-3H3,(H2,23,26)(H,24,27)(H,25,28)/t18-/m1/s1. The number of unbranched alkanes of at least 4 members (excludes halogenated alkanes) is 3. The second-order valence-corrected chi connectivity index (χ2v) is 7.92. The van der Waals surface area contributed by atoms with E-state index >= 15 is 0 Å². The fourth-order valence-corrected chi connectivity index (χ4v) is 2.97. The molecule has 0 aromatic heterocycles. The van der Waals surface area contributed by atoms with E-state index in [2.05, 4.69) is 17.6 Å². The summed E-state index contributed by atoms with van der Waals surface area (Å²) >= 11 is 0. The van der Waals surface area contributed by atoms with E-state index in [1.54, 1.807) is 0 Å². The fraction of sp³-hybridized carbons (Fsp3) is 0.591. The Balaban J connectivity index is 2.58. The molecule has 0 unspecified atom stereocenters. The predicted molar refractivity (Wildman–Crippen MR) is 111 cm³/mol. The predicted octanol–water partition coefficient (Wildman–Crippen LogP) is 2.70. The third kappa shape index (κ3) is 9.02. The largest absolute Gasteiger partial charge is 0.370 e. The van der Waals surface area contributed by atoms with E-state index in [4.69, 9.17) is 5.73 Å². The SMILES string of the molecule is CCCCCCC(C)(C)C(=O)N[C@H](CC(N)=O)C(=O)NCCc1ccccc1. The van der Waals surface area contributed by atoms with Crippen LogP contribution >= 0.6 is 0 Å². The summed E-state index contributed by atoms with van der Waals surface area (Å²) in [5.41, 5.74) is 5.78. The van der Waals surface area contributed by atoms with Crippen LogP contribution in [0.5, 0.6) is 0 Å². The van der Waals surface area contributed by atoms with Gasteiger partial charge in [-0.1, -0.05) is 76.8 Å². The van der Waals surface area contributed by atoms with Crippen LogP contribution in [0.4, 0.5) is 0 Å². The number of primary amides is 1. The molecule has 0 aliphatic rings. The van der Waals surface area contributed by atoms with Crippen LogP contribution in [-0.4, -0.2) is 30.3 Å². The van der Waals surface area contributed by atoms with Gasteiger partial charge in [-0.25, -0.2) is 0 Å². The summed E-state index contributed by atoms with van der Waals surface area (Å²) < 4.78 is 0. The molecule has 1 aromatic rings. The van der Waals surface area contributed by atoms with Gasteiger partial charge in [-0.05, 0) is 18.4 Å². The third-order valence-electron chi connectivity index (χ3n) is 4.85. The smallest absolute Gasteiger partial charge is 0.243 e. The van der Waals surface area contributed by atoms with Crippen LogP contribution in [0.2, 0.25) is 0 Å². The minimum atomic E-state index is -0.948. The summed E-state index contributed by atoms with van der Waals surface area (Å²) in [5.74, 6) is -1.23. The van der Waals surface area contributed by atoms with Crippen LogP contribution in [-0.2, 0) is 20.8 Å². The van der Waals surface area contributed by atoms with E-state index < -0.39 is 17.4 Å². The average Bonchev–Trinajstić information content (AvgIpc) is 2.65. The second kappa shape index (κ2) is 12.2. The van der Waals surface area contributed by atoms with Crippen molar-refractivity contribution in [1.82, 2.24) is 10.6 Å². The number of hydrogen-bond donors (Lipinski definition) is 3. The Morgan fingerprint density at radius 2 is 1.75 bits per heavy atom. The molecule has 28 heavy (non-hydrogen) atoms. The lowest BCUT2D eigenvalue weighted by Crippen LogP contribution is -2.52. The number of benzene rings is 1. The van der Waals surface area contributed by atoms with Crippen molar-refractivity contribution < 1.29 is 14.4 Å². The van der Waals surface area contributed by atoms with Gasteiger partial charge in [-0.3, -0.25) is 14.4 Å². The molecule has 0 aliphatic heterocycles. The van der Waals surface area contributed by atoms with Crippen LogP contribution in [0.25, 0.3) is 0 Å². The van der Waals surface area contributed by atoms with Gasteiger partial charge < -0.3 is 16.4 Å². The number of nitrogens with two attached hydrogens (primary N) is 1. The maximum Gasteiger partial charge on any atom is 0.243 e. The van der Waals surface area contributed by atoms with E-state index in [9.17, 15) is 14.4 Å². The van der Waals surface area contributed by atoms with E-state index in [1.165, 1.54) is 0 Å². The highest BCUT2D eigenvalue weighted by molar-refractivity contribution is 5.93. The zero-order chi connectivity index (χ0) is 21.0. The molecule has 3 amide bonds. The highest BCUT2D eigenvalue weighted by Gasteiger charge is 2.31. The molecule has 0 saturated carbocycles. The molecule has 6 heteroatoms. The molecular formula is C22H35N3O3. The minimum Gasteiger partial charge on any atom is -0.370 e. The Hall–Kier alpha value is -2.37. The number of carbonyl (C=O) groups is 3.